The van der Waals surface area contributed by atoms with E-state index in [1.807, 2.05) is 38.1 Å². The van der Waals surface area contributed by atoms with Gasteiger partial charge in [0.15, 0.2) is 0 Å². The van der Waals surface area contributed by atoms with Crippen molar-refractivity contribution >= 4 is 23.1 Å². The maximum absolute atomic E-state index is 12.1. The predicted molar refractivity (Wildman–Crippen MR) is 82.7 cm³/mol. The fourth-order valence-electron chi connectivity index (χ4n) is 2.45. The van der Waals surface area contributed by atoms with Crippen LogP contribution >= 0.6 is 12.2 Å². The molecule has 0 bridgehead atoms. The van der Waals surface area contributed by atoms with Gasteiger partial charge in [-0.15, -0.1) is 0 Å². The number of benzene rings is 1. The summed E-state index contributed by atoms with van der Waals surface area (Å²) in [4.78, 5) is 12.4. The van der Waals surface area contributed by atoms with Crippen LogP contribution in [0.2, 0.25) is 0 Å². The monoisotopic (exact) mass is 292 g/mol. The third-order valence-corrected chi connectivity index (χ3v) is 3.73. The van der Waals surface area contributed by atoms with Crippen LogP contribution in [0.1, 0.15) is 19.4 Å². The summed E-state index contributed by atoms with van der Waals surface area (Å²) in [5.74, 6) is 0.455. The predicted octanol–water partition coefficient (Wildman–Crippen LogP) is 1.66. The molecule has 5 heteroatoms. The van der Waals surface area contributed by atoms with Gasteiger partial charge in [0.1, 0.15) is 11.9 Å². The highest BCUT2D eigenvalue weighted by atomic mass is 32.1. The maximum Gasteiger partial charge on any atom is 0.230 e. The quantitative estimate of drug-likeness (QED) is 0.810. The molecule has 0 aliphatic carbocycles. The van der Waals surface area contributed by atoms with Crippen LogP contribution in [0.4, 0.5) is 0 Å². The van der Waals surface area contributed by atoms with Crippen LogP contribution in [0.25, 0.3) is 0 Å². The van der Waals surface area contributed by atoms with E-state index in [1.165, 1.54) is 5.56 Å². The van der Waals surface area contributed by atoms with Gasteiger partial charge in [-0.25, -0.2) is 0 Å². The Labute approximate surface area is 124 Å². The van der Waals surface area contributed by atoms with Crippen molar-refractivity contribution in [3.05, 3.63) is 29.8 Å². The molecule has 1 aliphatic rings. The van der Waals surface area contributed by atoms with Crippen LogP contribution in [0.3, 0.4) is 0 Å². The Hall–Kier alpha value is -1.62. The Morgan fingerprint density at radius 1 is 1.50 bits per heavy atom. The first-order valence-electron chi connectivity index (χ1n) is 6.80. The zero-order chi connectivity index (χ0) is 14.7. The van der Waals surface area contributed by atoms with Gasteiger partial charge in [0.25, 0.3) is 0 Å². The van der Waals surface area contributed by atoms with Crippen molar-refractivity contribution in [2.45, 2.75) is 26.4 Å². The van der Waals surface area contributed by atoms with E-state index in [4.69, 9.17) is 22.7 Å². The van der Waals surface area contributed by atoms with E-state index >= 15 is 0 Å². The molecule has 4 nitrogen and oxygen atoms in total. The van der Waals surface area contributed by atoms with Crippen molar-refractivity contribution in [1.29, 1.82) is 0 Å². The van der Waals surface area contributed by atoms with Gasteiger partial charge in [0.05, 0.1) is 17.5 Å². The topological polar surface area (TPSA) is 64.3 Å². The maximum atomic E-state index is 12.1. The van der Waals surface area contributed by atoms with Crippen molar-refractivity contribution in [2.24, 2.45) is 17.6 Å². The van der Waals surface area contributed by atoms with E-state index in [0.29, 0.717) is 6.54 Å². The molecule has 2 rings (SSSR count). The Kier molecular flexibility index (Phi) is 4.60. The number of nitrogens with one attached hydrogen (secondary N) is 1. The summed E-state index contributed by atoms with van der Waals surface area (Å²) < 4.78 is 5.78. The van der Waals surface area contributed by atoms with Gasteiger partial charge in [-0.3, -0.25) is 4.79 Å². The van der Waals surface area contributed by atoms with Gasteiger partial charge in [0, 0.05) is 6.42 Å². The molecule has 0 saturated carbocycles. The number of fused-ring (bicyclic) bond motifs is 1. The third kappa shape index (κ3) is 3.28. The molecule has 108 valence electrons. The molecule has 0 radical (unpaired) electrons. The molecule has 0 fully saturated rings. The molecule has 1 aliphatic heterocycles. The van der Waals surface area contributed by atoms with Crippen LogP contribution in [-0.4, -0.2) is 23.5 Å². The molecular formula is C15H20N2O2S. The first-order chi connectivity index (χ1) is 9.49. The lowest BCUT2D eigenvalue weighted by Crippen LogP contribution is -2.44. The first kappa shape index (κ1) is 14.8. The summed E-state index contributed by atoms with van der Waals surface area (Å²) in [6, 6.07) is 7.93. The van der Waals surface area contributed by atoms with Gasteiger partial charge < -0.3 is 15.8 Å². The molecule has 1 amide bonds. The van der Waals surface area contributed by atoms with Crippen LogP contribution < -0.4 is 15.8 Å². The molecule has 2 atom stereocenters. The number of rotatable bonds is 5. The fraction of sp³-hybridized carbons (Fsp3) is 0.467. The first-order valence-corrected chi connectivity index (χ1v) is 7.21. The summed E-state index contributed by atoms with van der Waals surface area (Å²) in [5, 5.41) is 2.89. The molecule has 0 saturated heterocycles. The molecule has 20 heavy (non-hydrogen) atoms. The molecule has 1 heterocycles. The van der Waals surface area contributed by atoms with Gasteiger partial charge in [-0.1, -0.05) is 44.3 Å². The summed E-state index contributed by atoms with van der Waals surface area (Å²) in [7, 11) is 0. The Morgan fingerprint density at radius 3 is 2.80 bits per heavy atom. The van der Waals surface area contributed by atoms with Crippen LogP contribution in [0, 0.1) is 11.8 Å². The van der Waals surface area contributed by atoms with Crippen LogP contribution in [0.15, 0.2) is 24.3 Å². The van der Waals surface area contributed by atoms with E-state index in [-0.39, 0.29) is 22.9 Å². The number of thiocarbonyl (C=S) groups is 1. The standard InChI is InChI=1S/C15H20N2O2S/c1-9(2)13(14(16)20)15(18)17-8-11-7-10-5-3-4-6-12(10)19-11/h3-6,9,11,13H,7-8H2,1-2H3,(H2,16,20)(H,17,18). The van der Waals surface area contributed by atoms with Gasteiger partial charge in [-0.2, -0.15) is 0 Å². The minimum Gasteiger partial charge on any atom is -0.488 e. The molecule has 0 aromatic heterocycles. The van der Waals surface area contributed by atoms with Crippen molar-refractivity contribution in [3.8, 4) is 5.75 Å². The minimum atomic E-state index is -0.422. The Bertz CT molecular complexity index is 491. The molecule has 1 aromatic carbocycles. The largest absolute Gasteiger partial charge is 0.488 e. The summed E-state index contributed by atoms with van der Waals surface area (Å²) in [5.41, 5.74) is 6.81. The Morgan fingerprint density at radius 2 is 2.20 bits per heavy atom. The second-order valence-electron chi connectivity index (χ2n) is 5.42. The van der Waals surface area contributed by atoms with Gasteiger partial charge in [0.2, 0.25) is 5.91 Å². The third-order valence-electron chi connectivity index (χ3n) is 3.47. The van der Waals surface area contributed by atoms with Crippen molar-refractivity contribution in [3.63, 3.8) is 0 Å². The highest BCUT2D eigenvalue weighted by molar-refractivity contribution is 7.80. The zero-order valence-corrected chi connectivity index (χ0v) is 12.6. The van der Waals surface area contributed by atoms with Crippen molar-refractivity contribution in [1.82, 2.24) is 5.32 Å². The zero-order valence-electron chi connectivity index (χ0n) is 11.8. The highest BCUT2D eigenvalue weighted by Crippen LogP contribution is 2.27. The smallest absolute Gasteiger partial charge is 0.230 e. The average Bonchev–Trinajstić information content (AvgIpc) is 2.78. The van der Waals surface area contributed by atoms with Gasteiger partial charge >= 0.3 is 0 Å². The molecule has 3 N–H and O–H groups in total. The van der Waals surface area contributed by atoms with E-state index in [1.54, 1.807) is 0 Å². The number of amides is 1. The number of nitrogens with two attached hydrogens (primary N) is 1. The lowest BCUT2D eigenvalue weighted by atomic mass is 9.95. The molecular weight excluding hydrogens is 272 g/mol. The van der Waals surface area contributed by atoms with E-state index in [2.05, 4.69) is 5.32 Å². The molecule has 2 unspecified atom stereocenters. The van der Waals surface area contributed by atoms with E-state index in [0.717, 1.165) is 12.2 Å². The lowest BCUT2D eigenvalue weighted by Gasteiger charge is -2.20. The number of hydrogen-bond acceptors (Lipinski definition) is 3. The second kappa shape index (κ2) is 6.22. The lowest BCUT2D eigenvalue weighted by molar-refractivity contribution is -0.124. The normalized spacial score (nSPS) is 18.2. The summed E-state index contributed by atoms with van der Waals surface area (Å²) >= 11 is 4.96. The minimum absolute atomic E-state index is 0.0180. The number of carbonyl (C=O) groups excluding carboxylic acids is 1. The van der Waals surface area contributed by atoms with Crippen molar-refractivity contribution in [2.75, 3.05) is 6.54 Å². The van der Waals surface area contributed by atoms with Crippen molar-refractivity contribution < 1.29 is 9.53 Å². The SMILES string of the molecule is CC(C)C(C(=O)NCC1Cc2ccccc2O1)C(N)=S. The highest BCUT2D eigenvalue weighted by Gasteiger charge is 2.27. The Balaban J connectivity index is 1.88. The second-order valence-corrected chi connectivity index (χ2v) is 5.89. The number of hydrogen-bond donors (Lipinski definition) is 2. The van der Waals surface area contributed by atoms with Gasteiger partial charge in [-0.05, 0) is 17.5 Å². The number of ether oxygens (including phenoxy) is 1. The molecule has 1 aromatic rings. The molecule has 0 spiro atoms. The summed E-state index contributed by atoms with van der Waals surface area (Å²) in [6.07, 6.45) is 0.797. The number of carbonyl (C=O) groups is 1. The van der Waals surface area contributed by atoms with E-state index in [9.17, 15) is 4.79 Å². The average molecular weight is 292 g/mol. The summed E-state index contributed by atoms with van der Waals surface area (Å²) in [6.45, 7) is 4.34. The van der Waals surface area contributed by atoms with Crippen LogP contribution in [-0.2, 0) is 11.2 Å². The van der Waals surface area contributed by atoms with E-state index < -0.39 is 5.92 Å². The number of para-hydroxylation sites is 1. The fourth-order valence-corrected chi connectivity index (χ4v) is 2.83. The van der Waals surface area contributed by atoms with Crippen LogP contribution in [0.5, 0.6) is 5.75 Å².